The lowest BCUT2D eigenvalue weighted by molar-refractivity contribution is -0.117. The van der Waals surface area contributed by atoms with Gasteiger partial charge in [0.2, 0.25) is 5.91 Å². The van der Waals surface area contributed by atoms with Gasteiger partial charge in [0, 0.05) is 19.1 Å². The Bertz CT molecular complexity index is 439. The van der Waals surface area contributed by atoms with Crippen molar-refractivity contribution >= 4 is 5.91 Å². The highest BCUT2D eigenvalue weighted by Gasteiger charge is 2.27. The smallest absolute Gasteiger partial charge is 0.243 e. The summed E-state index contributed by atoms with van der Waals surface area (Å²) < 4.78 is 5.91. The van der Waals surface area contributed by atoms with Crippen molar-refractivity contribution in [2.75, 3.05) is 13.2 Å². The summed E-state index contributed by atoms with van der Waals surface area (Å²) in [4.78, 5) is 11.3. The largest absolute Gasteiger partial charge is 0.373 e. The maximum Gasteiger partial charge on any atom is 0.243 e. The molecule has 1 aliphatic rings. The molecule has 3 heteroatoms. The average molecular weight is 259 g/mol. The number of rotatable bonds is 4. The molecule has 1 aromatic rings. The summed E-state index contributed by atoms with van der Waals surface area (Å²) in [7, 11) is 0. The number of hydrogen-bond acceptors (Lipinski definition) is 2. The van der Waals surface area contributed by atoms with Gasteiger partial charge in [-0.2, -0.15) is 0 Å². The molecule has 1 aromatic carbocycles. The van der Waals surface area contributed by atoms with Crippen molar-refractivity contribution in [3.63, 3.8) is 0 Å². The standard InChI is InChI=1S/C16H21NO2/c1-3-15(18)17-11-14-5-4-10-19-16(14)13-8-6-12(2)7-9-13/h3,6-9,14,16H,1,4-5,10-11H2,2H3,(H,17,18)/t14-,16-/m1/s1. The fraction of sp³-hybridized carbons (Fsp3) is 0.438. The molecule has 0 aliphatic carbocycles. The second-order valence-electron chi connectivity index (χ2n) is 5.05. The number of hydrogen-bond donors (Lipinski definition) is 1. The van der Waals surface area contributed by atoms with E-state index < -0.39 is 0 Å². The number of carbonyl (C=O) groups is 1. The van der Waals surface area contributed by atoms with Crippen LogP contribution in [0.4, 0.5) is 0 Å². The fourth-order valence-corrected chi connectivity index (χ4v) is 2.48. The van der Waals surface area contributed by atoms with E-state index in [0.29, 0.717) is 12.5 Å². The zero-order chi connectivity index (χ0) is 13.7. The summed E-state index contributed by atoms with van der Waals surface area (Å²) in [5, 5.41) is 2.88. The minimum absolute atomic E-state index is 0.0828. The zero-order valence-electron chi connectivity index (χ0n) is 11.4. The van der Waals surface area contributed by atoms with Crippen LogP contribution in [0.3, 0.4) is 0 Å². The second kappa shape index (κ2) is 6.53. The summed E-state index contributed by atoms with van der Waals surface area (Å²) in [5.74, 6) is 0.216. The molecular formula is C16H21NO2. The third-order valence-electron chi connectivity index (χ3n) is 3.57. The van der Waals surface area contributed by atoms with Crippen molar-refractivity contribution in [2.24, 2.45) is 5.92 Å². The molecule has 0 radical (unpaired) electrons. The third-order valence-corrected chi connectivity index (χ3v) is 3.57. The number of nitrogens with one attached hydrogen (secondary N) is 1. The van der Waals surface area contributed by atoms with Crippen LogP contribution in [0.5, 0.6) is 0 Å². The molecule has 1 amide bonds. The first-order chi connectivity index (χ1) is 9.20. The van der Waals surface area contributed by atoms with Crippen molar-refractivity contribution in [1.29, 1.82) is 0 Å². The minimum Gasteiger partial charge on any atom is -0.373 e. The molecule has 0 unspecified atom stereocenters. The Balaban J connectivity index is 2.05. The predicted molar refractivity (Wildman–Crippen MR) is 75.8 cm³/mol. The molecule has 1 N–H and O–H groups in total. The highest BCUT2D eigenvalue weighted by Crippen LogP contribution is 2.33. The number of benzene rings is 1. The zero-order valence-corrected chi connectivity index (χ0v) is 11.4. The maximum atomic E-state index is 11.3. The van der Waals surface area contributed by atoms with Crippen LogP contribution in [-0.2, 0) is 9.53 Å². The van der Waals surface area contributed by atoms with E-state index in [9.17, 15) is 4.79 Å². The molecule has 0 bridgehead atoms. The van der Waals surface area contributed by atoms with Crippen molar-refractivity contribution in [2.45, 2.75) is 25.9 Å². The van der Waals surface area contributed by atoms with Crippen LogP contribution in [0.2, 0.25) is 0 Å². The lowest BCUT2D eigenvalue weighted by Crippen LogP contribution is -2.34. The van der Waals surface area contributed by atoms with Crippen LogP contribution in [0.15, 0.2) is 36.9 Å². The van der Waals surface area contributed by atoms with Gasteiger partial charge in [-0.3, -0.25) is 4.79 Å². The summed E-state index contributed by atoms with van der Waals surface area (Å²) in [5.41, 5.74) is 2.44. The first kappa shape index (κ1) is 13.8. The van der Waals surface area contributed by atoms with Gasteiger partial charge in [-0.15, -0.1) is 0 Å². The Kier molecular flexibility index (Phi) is 4.74. The van der Waals surface area contributed by atoms with Gasteiger partial charge in [-0.1, -0.05) is 36.4 Å². The monoisotopic (exact) mass is 259 g/mol. The fourth-order valence-electron chi connectivity index (χ4n) is 2.48. The van der Waals surface area contributed by atoms with Crippen LogP contribution in [0.25, 0.3) is 0 Å². The first-order valence-corrected chi connectivity index (χ1v) is 6.79. The third kappa shape index (κ3) is 3.67. The van der Waals surface area contributed by atoms with Crippen molar-refractivity contribution in [3.8, 4) is 0 Å². The maximum absolute atomic E-state index is 11.3. The SMILES string of the molecule is C=CC(=O)NC[C@H]1CCCO[C@@H]1c1ccc(C)cc1. The molecule has 19 heavy (non-hydrogen) atoms. The Morgan fingerprint density at radius 1 is 1.47 bits per heavy atom. The lowest BCUT2D eigenvalue weighted by atomic mass is 9.89. The molecule has 0 aromatic heterocycles. The van der Waals surface area contributed by atoms with E-state index >= 15 is 0 Å². The van der Waals surface area contributed by atoms with Crippen LogP contribution in [-0.4, -0.2) is 19.1 Å². The molecule has 2 rings (SSSR count). The molecule has 0 saturated carbocycles. The van der Waals surface area contributed by atoms with E-state index in [1.54, 1.807) is 0 Å². The van der Waals surface area contributed by atoms with E-state index in [2.05, 4.69) is 43.1 Å². The minimum atomic E-state index is -0.117. The Hall–Kier alpha value is -1.61. The lowest BCUT2D eigenvalue weighted by Gasteiger charge is -2.32. The summed E-state index contributed by atoms with van der Waals surface area (Å²) >= 11 is 0. The van der Waals surface area contributed by atoms with Crippen LogP contribution in [0, 0.1) is 12.8 Å². The average Bonchev–Trinajstić information content (AvgIpc) is 2.46. The van der Waals surface area contributed by atoms with Crippen LogP contribution in [0.1, 0.15) is 30.1 Å². The number of ether oxygens (including phenoxy) is 1. The quantitative estimate of drug-likeness (QED) is 0.844. The van der Waals surface area contributed by atoms with Gasteiger partial charge in [-0.05, 0) is 31.4 Å². The summed E-state index contributed by atoms with van der Waals surface area (Å²) in [6.07, 6.45) is 3.52. The van der Waals surface area contributed by atoms with E-state index in [4.69, 9.17) is 4.74 Å². The van der Waals surface area contributed by atoms with Gasteiger partial charge < -0.3 is 10.1 Å². The van der Waals surface area contributed by atoms with Gasteiger partial charge in [0.25, 0.3) is 0 Å². The van der Waals surface area contributed by atoms with E-state index in [1.165, 1.54) is 17.2 Å². The van der Waals surface area contributed by atoms with E-state index in [1.807, 2.05) is 0 Å². The molecule has 1 fully saturated rings. The van der Waals surface area contributed by atoms with Gasteiger partial charge in [-0.25, -0.2) is 0 Å². The molecule has 1 heterocycles. The van der Waals surface area contributed by atoms with Gasteiger partial charge in [0.05, 0.1) is 6.10 Å². The van der Waals surface area contributed by atoms with Gasteiger partial charge in [0.1, 0.15) is 0 Å². The van der Waals surface area contributed by atoms with Crippen molar-refractivity contribution in [1.82, 2.24) is 5.32 Å². The normalized spacial score (nSPS) is 22.8. The number of amides is 1. The second-order valence-corrected chi connectivity index (χ2v) is 5.05. The Morgan fingerprint density at radius 3 is 2.89 bits per heavy atom. The molecule has 0 spiro atoms. The molecule has 2 atom stereocenters. The van der Waals surface area contributed by atoms with E-state index in [-0.39, 0.29) is 12.0 Å². The molecule has 1 saturated heterocycles. The molecular weight excluding hydrogens is 238 g/mol. The van der Waals surface area contributed by atoms with Crippen molar-refractivity contribution < 1.29 is 9.53 Å². The van der Waals surface area contributed by atoms with Gasteiger partial charge in [0.15, 0.2) is 0 Å². The molecule has 102 valence electrons. The summed E-state index contributed by atoms with van der Waals surface area (Å²) in [6, 6.07) is 8.45. The summed E-state index contributed by atoms with van der Waals surface area (Å²) in [6.45, 7) is 6.98. The number of aryl methyl sites for hydroxylation is 1. The Labute approximate surface area is 114 Å². The van der Waals surface area contributed by atoms with E-state index in [0.717, 1.165) is 19.4 Å². The highest BCUT2D eigenvalue weighted by atomic mass is 16.5. The predicted octanol–water partition coefficient (Wildman–Crippen LogP) is 2.76. The Morgan fingerprint density at radius 2 is 2.21 bits per heavy atom. The highest BCUT2D eigenvalue weighted by molar-refractivity contribution is 5.86. The molecule has 1 aliphatic heterocycles. The first-order valence-electron chi connectivity index (χ1n) is 6.79. The van der Waals surface area contributed by atoms with Crippen LogP contribution < -0.4 is 5.32 Å². The van der Waals surface area contributed by atoms with Crippen molar-refractivity contribution in [3.05, 3.63) is 48.0 Å². The van der Waals surface area contributed by atoms with Crippen LogP contribution >= 0.6 is 0 Å². The number of carbonyl (C=O) groups excluding carboxylic acids is 1. The topological polar surface area (TPSA) is 38.3 Å². The van der Waals surface area contributed by atoms with Gasteiger partial charge >= 0.3 is 0 Å². The molecule has 3 nitrogen and oxygen atoms in total.